The Morgan fingerprint density at radius 2 is 1.45 bits per heavy atom. The van der Waals surface area contributed by atoms with Gasteiger partial charge < -0.3 is 0 Å². The molecule has 1 saturated carbocycles. The van der Waals surface area contributed by atoms with E-state index in [0.29, 0.717) is 12.0 Å². The van der Waals surface area contributed by atoms with Crippen LogP contribution in [0.15, 0.2) is 60.7 Å². The lowest BCUT2D eigenvalue weighted by molar-refractivity contribution is -1.92. The van der Waals surface area contributed by atoms with Gasteiger partial charge in [-0.05, 0) is 5.56 Å². The number of hydrogen-bond acceptors (Lipinski definition) is 4. The van der Waals surface area contributed by atoms with E-state index in [4.69, 9.17) is 4.29 Å². The lowest BCUT2D eigenvalue weighted by Gasteiger charge is -2.19. The van der Waals surface area contributed by atoms with Crippen LogP contribution in [0.1, 0.15) is 23.5 Å². The van der Waals surface area contributed by atoms with Crippen LogP contribution < -0.4 is 14.0 Å². The third kappa shape index (κ3) is 2.57. The predicted octanol–water partition coefficient (Wildman–Crippen LogP) is -0.0167. The second-order valence-corrected chi connectivity index (χ2v) is 5.79. The Kier molecular flexibility index (Phi) is 3.28. The summed E-state index contributed by atoms with van der Waals surface area (Å²) in [4.78, 5) is 0. The normalized spacial score (nSPS) is 25.4. The highest BCUT2D eigenvalue weighted by atomic mass is 35.7. The monoisotopic (exact) mass is 292 g/mol. The summed E-state index contributed by atoms with van der Waals surface area (Å²) in [7, 11) is -4.47. The molecule has 4 nitrogen and oxygen atoms in total. The molecule has 1 aliphatic rings. The van der Waals surface area contributed by atoms with Gasteiger partial charge in [-0.15, -0.1) is 0 Å². The molecule has 2 aromatic carbocycles. The summed E-state index contributed by atoms with van der Waals surface area (Å²) in [6.07, 6.45) is 0.482. The molecule has 0 N–H and O–H groups in total. The van der Waals surface area contributed by atoms with E-state index in [9.17, 15) is 14.0 Å². The molecule has 0 heterocycles. The van der Waals surface area contributed by atoms with Gasteiger partial charge in [0.2, 0.25) is 0 Å². The van der Waals surface area contributed by atoms with Crippen molar-refractivity contribution in [2.24, 2.45) is 0 Å². The minimum absolute atomic E-state index is 0.123. The van der Waals surface area contributed by atoms with Gasteiger partial charge in [0.05, 0.1) is 14.5 Å². The zero-order chi connectivity index (χ0) is 14.2. The molecule has 1 fully saturated rings. The second-order valence-electron chi connectivity index (χ2n) is 4.88. The van der Waals surface area contributed by atoms with Crippen molar-refractivity contribution in [2.75, 3.05) is 0 Å². The van der Waals surface area contributed by atoms with Gasteiger partial charge in [-0.1, -0.05) is 60.7 Å². The Hall–Kier alpha value is -1.43. The van der Waals surface area contributed by atoms with E-state index < -0.39 is 15.8 Å². The predicted molar refractivity (Wildman–Crippen MR) is 63.0 cm³/mol. The fourth-order valence-electron chi connectivity index (χ4n) is 2.65. The Morgan fingerprint density at radius 1 is 0.900 bits per heavy atom. The molecular weight excluding hydrogens is 280 g/mol. The standard InChI is InChI=1S/C15H13ClO4/c17-16(18,19)20-15(13-9-5-2-6-10-13)11-14(15)12-7-3-1-4-8-12/h1-10,14H,11H2. The van der Waals surface area contributed by atoms with Crippen LogP contribution in [0, 0.1) is 10.2 Å². The van der Waals surface area contributed by atoms with Gasteiger partial charge in [-0.25, -0.2) is 0 Å². The van der Waals surface area contributed by atoms with Crippen LogP contribution in [0.3, 0.4) is 0 Å². The molecule has 0 radical (unpaired) electrons. The van der Waals surface area contributed by atoms with E-state index in [1.165, 1.54) is 0 Å². The van der Waals surface area contributed by atoms with Crippen molar-refractivity contribution in [3.05, 3.63) is 71.8 Å². The molecular formula is C15H13ClO4. The topological polar surface area (TPSA) is 78.4 Å². The first kappa shape index (κ1) is 13.5. The molecule has 2 aromatic rings. The summed E-state index contributed by atoms with van der Waals surface area (Å²) in [5.74, 6) is -0.123. The third-order valence-corrected chi connectivity index (χ3v) is 4.07. The molecule has 20 heavy (non-hydrogen) atoms. The zero-order valence-corrected chi connectivity index (χ0v) is 11.3. The Labute approximate surface area is 119 Å². The summed E-state index contributed by atoms with van der Waals surface area (Å²) in [6, 6.07) is 18.5. The van der Waals surface area contributed by atoms with Gasteiger partial charge in [0.25, 0.3) is 5.60 Å². The van der Waals surface area contributed by atoms with Crippen molar-refractivity contribution in [3.8, 4) is 0 Å². The molecule has 0 aliphatic heterocycles. The highest BCUT2D eigenvalue weighted by Gasteiger charge is 2.68. The molecule has 0 saturated heterocycles. The van der Waals surface area contributed by atoms with E-state index in [-0.39, 0.29) is 5.92 Å². The number of benzene rings is 2. The average Bonchev–Trinajstić information content (AvgIpc) is 3.14. The zero-order valence-electron chi connectivity index (χ0n) is 10.6. The summed E-state index contributed by atoms with van der Waals surface area (Å²) < 4.78 is 38.0. The molecule has 0 aromatic heterocycles. The molecule has 0 amide bonds. The van der Waals surface area contributed by atoms with Gasteiger partial charge in [-0.3, -0.25) is 0 Å². The van der Waals surface area contributed by atoms with Crippen LogP contribution >= 0.6 is 0 Å². The third-order valence-electron chi connectivity index (χ3n) is 3.61. The van der Waals surface area contributed by atoms with Crippen molar-refractivity contribution in [3.63, 3.8) is 0 Å². The van der Waals surface area contributed by atoms with E-state index in [1.807, 2.05) is 36.4 Å². The molecule has 0 bridgehead atoms. The van der Waals surface area contributed by atoms with Crippen molar-refractivity contribution in [2.45, 2.75) is 17.9 Å². The van der Waals surface area contributed by atoms with Gasteiger partial charge in [0.15, 0.2) is 0 Å². The maximum atomic E-state index is 11.0. The van der Waals surface area contributed by atoms with E-state index >= 15 is 0 Å². The maximum absolute atomic E-state index is 11.0. The van der Waals surface area contributed by atoms with Crippen LogP contribution in [-0.4, -0.2) is 0 Å². The fraction of sp³-hybridized carbons (Fsp3) is 0.200. The lowest BCUT2D eigenvalue weighted by atomic mass is 10.0. The molecule has 1 aliphatic carbocycles. The quantitative estimate of drug-likeness (QED) is 0.793. The summed E-state index contributed by atoms with van der Waals surface area (Å²) >= 11 is 0. The minimum Gasteiger partial charge on any atom is -0.183 e. The lowest BCUT2D eigenvalue weighted by Crippen LogP contribution is -2.62. The van der Waals surface area contributed by atoms with Crippen molar-refractivity contribution in [1.29, 1.82) is 0 Å². The highest BCUT2D eigenvalue weighted by Crippen LogP contribution is 2.61. The smallest absolute Gasteiger partial charge is 0.183 e. The summed E-state index contributed by atoms with van der Waals surface area (Å²) in [5.41, 5.74) is 0.612. The van der Waals surface area contributed by atoms with Crippen LogP contribution in [0.5, 0.6) is 0 Å². The first-order valence-corrected chi connectivity index (χ1v) is 7.47. The average molecular weight is 293 g/mol. The highest BCUT2D eigenvalue weighted by molar-refractivity contribution is 5.39. The largest absolute Gasteiger partial charge is 0.256 e. The van der Waals surface area contributed by atoms with Gasteiger partial charge >= 0.3 is 0 Å². The molecule has 3 rings (SSSR count). The van der Waals surface area contributed by atoms with Crippen LogP contribution in [0.4, 0.5) is 0 Å². The number of rotatable bonds is 4. The second kappa shape index (κ2) is 4.84. The van der Waals surface area contributed by atoms with E-state index in [2.05, 4.69) is 0 Å². The van der Waals surface area contributed by atoms with Crippen LogP contribution in [-0.2, 0) is 9.89 Å². The van der Waals surface area contributed by atoms with Crippen molar-refractivity contribution < 1.29 is 28.5 Å². The van der Waals surface area contributed by atoms with Gasteiger partial charge in [-0.2, -0.15) is 14.0 Å². The Bertz CT molecular complexity index is 582. The molecule has 0 spiro atoms. The maximum Gasteiger partial charge on any atom is 0.256 e. The van der Waals surface area contributed by atoms with Crippen LogP contribution in [0.25, 0.3) is 0 Å². The number of halogens is 1. The Morgan fingerprint density at radius 3 is 2.00 bits per heavy atom. The van der Waals surface area contributed by atoms with Gasteiger partial charge in [0, 0.05) is 17.9 Å². The molecule has 5 heteroatoms. The number of hydrogen-bond donors (Lipinski definition) is 0. The van der Waals surface area contributed by atoms with E-state index in [0.717, 1.165) is 5.56 Å². The molecule has 104 valence electrons. The first-order chi connectivity index (χ1) is 9.51. The summed E-state index contributed by atoms with van der Waals surface area (Å²) in [5, 5.41) is 0. The minimum atomic E-state index is -4.47. The van der Waals surface area contributed by atoms with Crippen molar-refractivity contribution >= 4 is 0 Å². The SMILES string of the molecule is [O-][Cl+3]([O-])([O-])OC1(c2ccccc2)CC1c1ccccc1. The molecule has 2 atom stereocenters. The van der Waals surface area contributed by atoms with E-state index in [1.54, 1.807) is 24.3 Å². The summed E-state index contributed by atoms with van der Waals surface area (Å²) in [6.45, 7) is 0. The van der Waals surface area contributed by atoms with Crippen molar-refractivity contribution in [1.82, 2.24) is 0 Å². The van der Waals surface area contributed by atoms with Gasteiger partial charge in [0.1, 0.15) is 0 Å². The molecule has 2 unspecified atom stereocenters. The first-order valence-electron chi connectivity index (χ1n) is 6.23. The fourth-order valence-corrected chi connectivity index (χ4v) is 3.25. The van der Waals surface area contributed by atoms with Crippen LogP contribution in [0.2, 0.25) is 0 Å². The Balaban J connectivity index is 1.96.